The van der Waals surface area contributed by atoms with E-state index in [1.807, 2.05) is 0 Å². The smallest absolute Gasteiger partial charge is 0.326 e. The van der Waals surface area contributed by atoms with Gasteiger partial charge in [0.05, 0.1) is 25.0 Å². The molecular weight excluding hydrogens is 350 g/mol. The zero-order chi connectivity index (χ0) is 19.4. The molecule has 2 aromatic rings. The molecule has 0 spiro atoms. The van der Waals surface area contributed by atoms with E-state index in [0.717, 1.165) is 4.90 Å². The van der Waals surface area contributed by atoms with E-state index in [-0.39, 0.29) is 13.2 Å². The van der Waals surface area contributed by atoms with Crippen molar-refractivity contribution in [2.75, 3.05) is 18.1 Å². The van der Waals surface area contributed by atoms with Crippen LogP contribution in [0, 0.1) is 0 Å². The Hall–Kier alpha value is -3.19. The van der Waals surface area contributed by atoms with Crippen molar-refractivity contribution < 1.29 is 28.6 Å². The third-order valence-electron chi connectivity index (χ3n) is 4.24. The number of benzene rings is 1. The zero-order valence-electron chi connectivity index (χ0n) is 14.8. The van der Waals surface area contributed by atoms with Crippen molar-refractivity contribution in [2.24, 2.45) is 0 Å². The topological polar surface area (TPSA) is 97.0 Å². The molecule has 140 valence electrons. The predicted octanol–water partition coefficient (Wildman–Crippen LogP) is 2.05. The molecule has 0 radical (unpaired) electrons. The molecule has 2 heterocycles. The van der Waals surface area contributed by atoms with Crippen LogP contribution in [0.2, 0.25) is 0 Å². The summed E-state index contributed by atoms with van der Waals surface area (Å²) >= 11 is 0. The molecule has 27 heavy (non-hydrogen) atoms. The van der Waals surface area contributed by atoms with E-state index in [0.29, 0.717) is 17.0 Å². The lowest BCUT2D eigenvalue weighted by atomic mass is 9.90. The second-order valence-electron chi connectivity index (χ2n) is 6.07. The number of esters is 1. The maximum Gasteiger partial charge on any atom is 0.326 e. The largest absolute Gasteiger partial charge is 0.465 e. The number of anilines is 1. The highest BCUT2D eigenvalue weighted by molar-refractivity contribution is 6.11. The molecule has 0 bridgehead atoms. The standard InChI is InChI=1S/C20H19NO6/c1-2-26-18(23)13-21-17-8-4-3-7-16(17)20(25,19(21)24)12-14(22)9-10-15-6-5-11-27-15/h3-11,25H,2,12-13H2,1H3/b10-9+/t20-/m0/s1. The van der Waals surface area contributed by atoms with Gasteiger partial charge in [-0.15, -0.1) is 0 Å². The number of amides is 1. The van der Waals surface area contributed by atoms with Gasteiger partial charge >= 0.3 is 5.97 Å². The fourth-order valence-corrected chi connectivity index (χ4v) is 3.04. The summed E-state index contributed by atoms with van der Waals surface area (Å²) in [7, 11) is 0. The number of allylic oxidation sites excluding steroid dienone is 1. The van der Waals surface area contributed by atoms with E-state index >= 15 is 0 Å². The van der Waals surface area contributed by atoms with Crippen LogP contribution in [0.15, 0.2) is 53.2 Å². The first kappa shape index (κ1) is 18.6. The van der Waals surface area contributed by atoms with Gasteiger partial charge in [0.1, 0.15) is 12.3 Å². The molecule has 0 saturated carbocycles. The number of ketones is 1. The van der Waals surface area contributed by atoms with Crippen molar-refractivity contribution >= 4 is 29.4 Å². The third kappa shape index (κ3) is 3.68. The van der Waals surface area contributed by atoms with Crippen LogP contribution < -0.4 is 4.90 Å². The Bertz CT molecular complexity index is 886. The minimum Gasteiger partial charge on any atom is -0.465 e. The number of nitrogens with zero attached hydrogens (tertiary/aromatic N) is 1. The Balaban J connectivity index is 1.84. The fourth-order valence-electron chi connectivity index (χ4n) is 3.04. The molecule has 1 atom stereocenters. The van der Waals surface area contributed by atoms with Crippen molar-refractivity contribution in [1.29, 1.82) is 0 Å². The lowest BCUT2D eigenvalue weighted by Crippen LogP contribution is -2.43. The number of hydrogen-bond donors (Lipinski definition) is 1. The molecule has 1 aromatic heterocycles. The summed E-state index contributed by atoms with van der Waals surface area (Å²) in [6, 6.07) is 9.90. The Morgan fingerprint density at radius 3 is 2.74 bits per heavy atom. The minimum absolute atomic E-state index is 0.183. The number of carbonyl (C=O) groups is 3. The fraction of sp³-hybridized carbons (Fsp3) is 0.250. The molecule has 1 amide bonds. The highest BCUT2D eigenvalue weighted by atomic mass is 16.5. The summed E-state index contributed by atoms with van der Waals surface area (Å²) < 4.78 is 10.0. The van der Waals surface area contributed by atoms with Gasteiger partial charge in [0.2, 0.25) is 0 Å². The van der Waals surface area contributed by atoms with Crippen molar-refractivity contribution in [2.45, 2.75) is 18.9 Å². The summed E-state index contributed by atoms with van der Waals surface area (Å²) in [6.07, 6.45) is 3.75. The quantitative estimate of drug-likeness (QED) is 0.593. The number of hydrogen-bond acceptors (Lipinski definition) is 6. The third-order valence-corrected chi connectivity index (χ3v) is 4.24. The van der Waals surface area contributed by atoms with Gasteiger partial charge in [-0.3, -0.25) is 19.3 Å². The molecule has 0 fully saturated rings. The van der Waals surface area contributed by atoms with E-state index in [4.69, 9.17) is 9.15 Å². The molecule has 7 heteroatoms. The SMILES string of the molecule is CCOC(=O)CN1C(=O)[C@](O)(CC(=O)/C=C/c2ccco2)c2ccccc21. The monoisotopic (exact) mass is 369 g/mol. The lowest BCUT2D eigenvalue weighted by molar-refractivity contribution is -0.145. The molecule has 0 saturated heterocycles. The van der Waals surface area contributed by atoms with E-state index in [2.05, 4.69) is 0 Å². The Morgan fingerprint density at radius 2 is 2.04 bits per heavy atom. The molecule has 3 rings (SSSR count). The maximum absolute atomic E-state index is 12.9. The van der Waals surface area contributed by atoms with Gasteiger partial charge < -0.3 is 14.3 Å². The molecule has 0 unspecified atom stereocenters. The van der Waals surface area contributed by atoms with Crippen LogP contribution in [0.4, 0.5) is 5.69 Å². The van der Waals surface area contributed by atoms with Crippen molar-refractivity contribution in [3.8, 4) is 0 Å². The average Bonchev–Trinajstić information content (AvgIpc) is 3.23. The molecule has 1 N–H and O–H groups in total. The van der Waals surface area contributed by atoms with Gasteiger partial charge in [0.15, 0.2) is 11.4 Å². The van der Waals surface area contributed by atoms with Gasteiger partial charge in [-0.2, -0.15) is 0 Å². The number of fused-ring (bicyclic) bond motifs is 1. The first-order valence-corrected chi connectivity index (χ1v) is 8.49. The molecule has 0 aliphatic carbocycles. The van der Waals surface area contributed by atoms with Crippen LogP contribution in [-0.2, 0) is 24.7 Å². The van der Waals surface area contributed by atoms with E-state index in [1.54, 1.807) is 43.3 Å². The van der Waals surface area contributed by atoms with Gasteiger partial charge in [0.25, 0.3) is 5.91 Å². The molecule has 7 nitrogen and oxygen atoms in total. The van der Waals surface area contributed by atoms with Crippen LogP contribution in [0.3, 0.4) is 0 Å². The average molecular weight is 369 g/mol. The summed E-state index contributed by atoms with van der Waals surface area (Å²) in [4.78, 5) is 38.2. The number of furan rings is 1. The van der Waals surface area contributed by atoms with E-state index < -0.39 is 29.7 Å². The van der Waals surface area contributed by atoms with Crippen molar-refractivity contribution in [3.63, 3.8) is 0 Å². The van der Waals surface area contributed by atoms with Gasteiger partial charge in [-0.25, -0.2) is 0 Å². The molecule has 1 aliphatic rings. The first-order chi connectivity index (χ1) is 13.0. The number of aliphatic hydroxyl groups is 1. The Labute approximate surface area is 155 Å². The van der Waals surface area contributed by atoms with Crippen molar-refractivity contribution in [1.82, 2.24) is 0 Å². The van der Waals surface area contributed by atoms with Crippen LogP contribution in [0.25, 0.3) is 6.08 Å². The van der Waals surface area contributed by atoms with Gasteiger partial charge in [0, 0.05) is 5.56 Å². The van der Waals surface area contributed by atoms with Crippen LogP contribution in [-0.4, -0.2) is 35.9 Å². The van der Waals surface area contributed by atoms with Crippen LogP contribution >= 0.6 is 0 Å². The molecule has 1 aromatic carbocycles. The lowest BCUT2D eigenvalue weighted by Gasteiger charge is -2.21. The summed E-state index contributed by atoms with van der Waals surface area (Å²) in [5, 5.41) is 11.0. The highest BCUT2D eigenvalue weighted by Gasteiger charge is 2.50. The van der Waals surface area contributed by atoms with E-state index in [1.165, 1.54) is 18.4 Å². The Kier molecular flexibility index (Phi) is 5.23. The summed E-state index contributed by atoms with van der Waals surface area (Å²) in [5.41, 5.74) is -1.35. The highest BCUT2D eigenvalue weighted by Crippen LogP contribution is 2.42. The normalized spacial score (nSPS) is 18.7. The first-order valence-electron chi connectivity index (χ1n) is 8.49. The minimum atomic E-state index is -2.03. The Morgan fingerprint density at radius 1 is 1.26 bits per heavy atom. The summed E-state index contributed by atoms with van der Waals surface area (Å²) in [6.45, 7) is 1.52. The zero-order valence-corrected chi connectivity index (χ0v) is 14.8. The summed E-state index contributed by atoms with van der Waals surface area (Å²) in [5.74, 6) is -1.28. The van der Waals surface area contributed by atoms with Crippen LogP contribution in [0.1, 0.15) is 24.7 Å². The number of ether oxygens (including phenoxy) is 1. The molecule has 1 aliphatic heterocycles. The maximum atomic E-state index is 12.9. The van der Waals surface area contributed by atoms with Gasteiger partial charge in [-0.1, -0.05) is 18.2 Å². The van der Waals surface area contributed by atoms with Crippen LogP contribution in [0.5, 0.6) is 0 Å². The van der Waals surface area contributed by atoms with E-state index in [9.17, 15) is 19.5 Å². The molecular formula is C20H19NO6. The van der Waals surface area contributed by atoms with Crippen molar-refractivity contribution in [3.05, 3.63) is 60.1 Å². The number of rotatable bonds is 7. The second-order valence-corrected chi connectivity index (χ2v) is 6.07. The number of carbonyl (C=O) groups excluding carboxylic acids is 3. The predicted molar refractivity (Wildman–Crippen MR) is 96.7 cm³/mol. The van der Waals surface area contributed by atoms with Gasteiger partial charge in [-0.05, 0) is 37.3 Å². The second kappa shape index (κ2) is 7.59. The number of para-hydroxylation sites is 1.